The Morgan fingerprint density at radius 1 is 0.633 bits per heavy atom. The minimum absolute atomic E-state index is 0.529. The van der Waals surface area contributed by atoms with Crippen molar-refractivity contribution in [2.75, 3.05) is 0 Å². The number of benzene rings is 4. The lowest BCUT2D eigenvalue weighted by atomic mass is 9.77. The predicted octanol–water partition coefficient (Wildman–Crippen LogP) is 2.52. The molecule has 0 spiro atoms. The standard InChI is InChI=1S/C25H23B2NO2/c26-24-14-5-2-9-21(24)17-28(18-22-10-3-6-15-25(22)27(29)30)16-20-12-7-11-19-8-1-4-13-23(19)20/h1-15,29-30H,16-18H2. The van der Waals surface area contributed by atoms with Crippen LogP contribution in [0, 0.1) is 0 Å². The summed E-state index contributed by atoms with van der Waals surface area (Å²) < 4.78 is 0. The average molecular weight is 391 g/mol. The molecule has 0 aliphatic rings. The topological polar surface area (TPSA) is 43.7 Å². The summed E-state index contributed by atoms with van der Waals surface area (Å²) >= 11 is 0. The Hall–Kier alpha value is -2.85. The maximum atomic E-state index is 9.80. The molecule has 0 heterocycles. The third-order valence-electron chi connectivity index (χ3n) is 5.45. The molecule has 3 nitrogen and oxygen atoms in total. The number of hydrogen-bond acceptors (Lipinski definition) is 3. The first-order valence-corrected chi connectivity index (χ1v) is 10.1. The Kier molecular flexibility index (Phi) is 6.34. The smallest absolute Gasteiger partial charge is 0.423 e. The van der Waals surface area contributed by atoms with Gasteiger partial charge in [-0.15, -0.1) is 0 Å². The second kappa shape index (κ2) is 9.31. The van der Waals surface area contributed by atoms with Crippen molar-refractivity contribution in [2.24, 2.45) is 0 Å². The van der Waals surface area contributed by atoms with E-state index in [1.54, 1.807) is 6.07 Å². The lowest BCUT2D eigenvalue weighted by molar-refractivity contribution is 0.249. The second-order valence-corrected chi connectivity index (χ2v) is 7.55. The molecule has 0 fully saturated rings. The predicted molar refractivity (Wildman–Crippen MR) is 125 cm³/mol. The van der Waals surface area contributed by atoms with Gasteiger partial charge in [0.25, 0.3) is 0 Å². The fraction of sp³-hybridized carbons (Fsp3) is 0.120. The van der Waals surface area contributed by atoms with E-state index < -0.39 is 7.12 Å². The van der Waals surface area contributed by atoms with Gasteiger partial charge in [-0.25, -0.2) is 0 Å². The summed E-state index contributed by atoms with van der Waals surface area (Å²) in [4.78, 5) is 2.29. The summed E-state index contributed by atoms with van der Waals surface area (Å²) in [5, 5.41) is 22.0. The number of fused-ring (bicyclic) bond motifs is 1. The Morgan fingerprint density at radius 2 is 1.20 bits per heavy atom. The van der Waals surface area contributed by atoms with Crippen LogP contribution in [0.1, 0.15) is 16.7 Å². The highest BCUT2D eigenvalue weighted by Gasteiger charge is 2.18. The van der Waals surface area contributed by atoms with Gasteiger partial charge in [0.1, 0.15) is 7.85 Å². The first-order valence-electron chi connectivity index (χ1n) is 10.1. The van der Waals surface area contributed by atoms with Crippen LogP contribution in [0.25, 0.3) is 10.8 Å². The quantitative estimate of drug-likeness (QED) is 0.476. The van der Waals surface area contributed by atoms with Crippen molar-refractivity contribution in [3.63, 3.8) is 0 Å². The monoisotopic (exact) mass is 391 g/mol. The van der Waals surface area contributed by atoms with E-state index in [0.717, 1.165) is 16.6 Å². The van der Waals surface area contributed by atoms with Gasteiger partial charge in [0.05, 0.1) is 0 Å². The van der Waals surface area contributed by atoms with Crippen LogP contribution in [0.15, 0.2) is 91.0 Å². The average Bonchev–Trinajstić information content (AvgIpc) is 2.76. The fourth-order valence-corrected chi connectivity index (χ4v) is 3.93. The molecule has 2 radical (unpaired) electrons. The van der Waals surface area contributed by atoms with E-state index in [1.165, 1.54) is 16.3 Å². The van der Waals surface area contributed by atoms with Crippen LogP contribution in [-0.4, -0.2) is 29.9 Å². The van der Waals surface area contributed by atoms with E-state index in [-0.39, 0.29) is 0 Å². The Bertz CT molecular complexity index is 1140. The van der Waals surface area contributed by atoms with Gasteiger partial charge in [-0.2, -0.15) is 0 Å². The molecule has 2 N–H and O–H groups in total. The Balaban J connectivity index is 1.69. The molecule has 0 amide bonds. The highest BCUT2D eigenvalue weighted by molar-refractivity contribution is 6.59. The van der Waals surface area contributed by atoms with Gasteiger partial charge in [-0.1, -0.05) is 96.5 Å². The molecule has 146 valence electrons. The first kappa shape index (κ1) is 20.4. The van der Waals surface area contributed by atoms with E-state index >= 15 is 0 Å². The zero-order valence-electron chi connectivity index (χ0n) is 16.8. The molecular formula is C25H23B2NO2. The van der Waals surface area contributed by atoms with Crippen molar-refractivity contribution in [3.8, 4) is 0 Å². The highest BCUT2D eigenvalue weighted by atomic mass is 16.4. The van der Waals surface area contributed by atoms with Crippen LogP contribution < -0.4 is 10.9 Å². The van der Waals surface area contributed by atoms with Gasteiger partial charge in [0.15, 0.2) is 0 Å². The van der Waals surface area contributed by atoms with Gasteiger partial charge in [0, 0.05) is 19.6 Å². The maximum absolute atomic E-state index is 9.80. The molecule has 0 bridgehead atoms. The van der Waals surface area contributed by atoms with E-state index in [1.807, 2.05) is 48.5 Å². The summed E-state index contributed by atoms with van der Waals surface area (Å²) in [7, 11) is 4.72. The molecule has 0 aromatic heterocycles. The SMILES string of the molecule is [B]c1ccccc1CN(Cc1ccccc1B(O)O)Cc1cccc2ccccc12. The van der Waals surface area contributed by atoms with Gasteiger partial charge in [-0.3, -0.25) is 4.90 Å². The van der Waals surface area contributed by atoms with Crippen molar-refractivity contribution in [2.45, 2.75) is 19.6 Å². The maximum Gasteiger partial charge on any atom is 0.488 e. The summed E-state index contributed by atoms with van der Waals surface area (Å²) in [5.41, 5.74) is 4.46. The van der Waals surface area contributed by atoms with E-state index in [0.29, 0.717) is 25.1 Å². The third kappa shape index (κ3) is 4.65. The number of nitrogens with zero attached hydrogens (tertiary/aromatic N) is 1. The summed E-state index contributed by atoms with van der Waals surface area (Å²) in [5.74, 6) is 0. The van der Waals surface area contributed by atoms with Crippen LogP contribution >= 0.6 is 0 Å². The summed E-state index contributed by atoms with van der Waals surface area (Å²) in [6.45, 7) is 1.95. The Morgan fingerprint density at radius 3 is 2.00 bits per heavy atom. The van der Waals surface area contributed by atoms with Crippen LogP contribution in [0.5, 0.6) is 0 Å². The summed E-state index contributed by atoms with van der Waals surface area (Å²) in [6.07, 6.45) is 0. The first-order chi connectivity index (χ1) is 14.6. The molecule has 0 saturated carbocycles. The van der Waals surface area contributed by atoms with Crippen LogP contribution in [0.2, 0.25) is 0 Å². The van der Waals surface area contributed by atoms with Crippen molar-refractivity contribution in [1.29, 1.82) is 0 Å². The minimum Gasteiger partial charge on any atom is -0.423 e. The molecule has 4 rings (SSSR count). The van der Waals surface area contributed by atoms with Crippen LogP contribution in [0.3, 0.4) is 0 Å². The minimum atomic E-state index is -1.50. The molecular weight excluding hydrogens is 368 g/mol. The molecule has 0 unspecified atom stereocenters. The van der Waals surface area contributed by atoms with Crippen LogP contribution in [-0.2, 0) is 19.6 Å². The summed E-state index contributed by atoms with van der Waals surface area (Å²) in [6, 6.07) is 30.1. The molecule has 4 aromatic rings. The molecule has 0 aliphatic heterocycles. The zero-order chi connectivity index (χ0) is 20.9. The van der Waals surface area contributed by atoms with Crippen molar-refractivity contribution < 1.29 is 10.0 Å². The van der Waals surface area contributed by atoms with Gasteiger partial charge >= 0.3 is 7.12 Å². The largest absolute Gasteiger partial charge is 0.488 e. The van der Waals surface area contributed by atoms with E-state index in [4.69, 9.17) is 7.85 Å². The lowest BCUT2D eigenvalue weighted by Crippen LogP contribution is -2.36. The second-order valence-electron chi connectivity index (χ2n) is 7.55. The number of hydrogen-bond donors (Lipinski definition) is 2. The fourth-order valence-electron chi connectivity index (χ4n) is 3.93. The molecule has 30 heavy (non-hydrogen) atoms. The lowest BCUT2D eigenvalue weighted by Gasteiger charge is -2.25. The number of rotatable bonds is 7. The van der Waals surface area contributed by atoms with Crippen molar-refractivity contribution >= 4 is 36.7 Å². The molecule has 4 aromatic carbocycles. The molecule has 5 heteroatoms. The zero-order valence-corrected chi connectivity index (χ0v) is 16.8. The Labute approximate surface area is 179 Å². The highest BCUT2D eigenvalue weighted by Crippen LogP contribution is 2.21. The van der Waals surface area contributed by atoms with Gasteiger partial charge < -0.3 is 10.0 Å². The van der Waals surface area contributed by atoms with Crippen molar-refractivity contribution in [1.82, 2.24) is 4.90 Å². The molecule has 0 saturated heterocycles. The normalized spacial score (nSPS) is 11.2. The van der Waals surface area contributed by atoms with Crippen LogP contribution in [0.4, 0.5) is 0 Å². The molecule has 0 atom stereocenters. The third-order valence-corrected chi connectivity index (χ3v) is 5.45. The van der Waals surface area contributed by atoms with Gasteiger partial charge in [0.2, 0.25) is 0 Å². The van der Waals surface area contributed by atoms with Crippen molar-refractivity contribution in [3.05, 3.63) is 108 Å². The molecule has 0 aliphatic carbocycles. The van der Waals surface area contributed by atoms with E-state index in [2.05, 4.69) is 41.3 Å². The van der Waals surface area contributed by atoms with Gasteiger partial charge in [-0.05, 0) is 32.9 Å². The van der Waals surface area contributed by atoms with E-state index in [9.17, 15) is 10.0 Å².